The van der Waals surface area contributed by atoms with Gasteiger partial charge in [0.05, 0.1) is 5.54 Å². The Bertz CT molecular complexity index is 291. The van der Waals surface area contributed by atoms with Crippen LogP contribution >= 0.6 is 0 Å². The topological polar surface area (TPSA) is 35.6 Å². The van der Waals surface area contributed by atoms with E-state index in [4.69, 9.17) is 0 Å². The van der Waals surface area contributed by atoms with Gasteiger partial charge in [0, 0.05) is 13.1 Å². The van der Waals surface area contributed by atoms with Gasteiger partial charge in [-0.05, 0) is 52.9 Å². The summed E-state index contributed by atoms with van der Waals surface area (Å²) in [6, 6.07) is 0.430. The van der Waals surface area contributed by atoms with E-state index in [1.165, 1.54) is 12.8 Å². The summed E-state index contributed by atoms with van der Waals surface area (Å²) < 4.78 is 0. The number of nitrogens with zero attached hydrogens (tertiary/aromatic N) is 2. The lowest BCUT2D eigenvalue weighted by Gasteiger charge is -2.39. The standard InChI is InChI=1S/C14H27N3O/c1-15-14(8-4-5-9-14)13(18)17(3)12-6-10-16(2)11-7-12/h12,15H,4-11H2,1-3H3. The molecule has 0 spiro atoms. The fraction of sp³-hybridized carbons (Fsp3) is 0.929. The van der Waals surface area contributed by atoms with Crippen molar-refractivity contribution in [1.82, 2.24) is 15.1 Å². The molecule has 4 heteroatoms. The second-order valence-corrected chi connectivity index (χ2v) is 5.99. The molecule has 1 aliphatic carbocycles. The molecule has 2 fully saturated rings. The van der Waals surface area contributed by atoms with E-state index in [1.54, 1.807) is 0 Å². The fourth-order valence-corrected chi connectivity index (χ4v) is 3.44. The first-order valence-corrected chi connectivity index (χ1v) is 7.24. The summed E-state index contributed by atoms with van der Waals surface area (Å²) >= 11 is 0. The molecule has 2 rings (SSSR count). The summed E-state index contributed by atoms with van der Waals surface area (Å²) in [5.41, 5.74) is -0.266. The minimum Gasteiger partial charge on any atom is -0.341 e. The van der Waals surface area contributed by atoms with Gasteiger partial charge in [-0.15, -0.1) is 0 Å². The van der Waals surface area contributed by atoms with Crippen LogP contribution in [-0.4, -0.2) is 61.5 Å². The highest BCUT2D eigenvalue weighted by atomic mass is 16.2. The van der Waals surface area contributed by atoms with Crippen molar-refractivity contribution in [2.45, 2.75) is 50.1 Å². The van der Waals surface area contributed by atoms with Gasteiger partial charge in [0.2, 0.25) is 5.91 Å². The molecule has 0 aromatic carbocycles. The van der Waals surface area contributed by atoms with E-state index < -0.39 is 0 Å². The minimum absolute atomic E-state index is 0.266. The molecule has 0 radical (unpaired) electrons. The lowest BCUT2D eigenvalue weighted by atomic mass is 9.93. The second-order valence-electron chi connectivity index (χ2n) is 5.99. The van der Waals surface area contributed by atoms with Crippen LogP contribution in [0.25, 0.3) is 0 Å². The van der Waals surface area contributed by atoms with E-state index >= 15 is 0 Å². The number of hydrogen-bond acceptors (Lipinski definition) is 3. The molecule has 1 amide bonds. The first-order chi connectivity index (χ1) is 8.59. The van der Waals surface area contributed by atoms with Crippen LogP contribution in [0, 0.1) is 0 Å². The zero-order valence-corrected chi connectivity index (χ0v) is 12.0. The number of likely N-dealkylation sites (N-methyl/N-ethyl adjacent to an activating group) is 2. The van der Waals surface area contributed by atoms with Crippen LogP contribution < -0.4 is 5.32 Å². The van der Waals surface area contributed by atoms with E-state index in [0.717, 1.165) is 38.8 Å². The van der Waals surface area contributed by atoms with Crippen LogP contribution in [0.4, 0.5) is 0 Å². The quantitative estimate of drug-likeness (QED) is 0.817. The van der Waals surface area contributed by atoms with Gasteiger partial charge >= 0.3 is 0 Å². The Kier molecular flexibility index (Phi) is 4.28. The molecule has 104 valence electrons. The number of likely N-dealkylation sites (tertiary alicyclic amines) is 1. The number of carbonyl (C=O) groups is 1. The molecule has 4 nitrogen and oxygen atoms in total. The van der Waals surface area contributed by atoms with Crippen LogP contribution in [0.3, 0.4) is 0 Å². The number of rotatable bonds is 3. The van der Waals surface area contributed by atoms with Gasteiger partial charge in [0.25, 0.3) is 0 Å². The van der Waals surface area contributed by atoms with Crippen molar-refractivity contribution in [2.75, 3.05) is 34.2 Å². The summed E-state index contributed by atoms with van der Waals surface area (Å²) in [6.07, 6.45) is 6.57. The molecule has 1 N–H and O–H groups in total. The summed E-state index contributed by atoms with van der Waals surface area (Å²) in [6.45, 7) is 2.21. The Morgan fingerprint density at radius 2 is 1.83 bits per heavy atom. The number of nitrogens with one attached hydrogen (secondary N) is 1. The van der Waals surface area contributed by atoms with Crippen molar-refractivity contribution < 1.29 is 4.79 Å². The maximum Gasteiger partial charge on any atom is 0.242 e. The van der Waals surface area contributed by atoms with Gasteiger partial charge in [-0.3, -0.25) is 4.79 Å². The molecule has 18 heavy (non-hydrogen) atoms. The Labute approximate surface area is 111 Å². The molecular weight excluding hydrogens is 226 g/mol. The van der Waals surface area contributed by atoms with Crippen LogP contribution in [-0.2, 0) is 4.79 Å². The minimum atomic E-state index is -0.266. The number of hydrogen-bond donors (Lipinski definition) is 1. The zero-order chi connectivity index (χ0) is 13.2. The maximum atomic E-state index is 12.7. The van der Waals surface area contributed by atoms with Crippen LogP contribution in [0.2, 0.25) is 0 Å². The van der Waals surface area contributed by atoms with Gasteiger partial charge in [-0.25, -0.2) is 0 Å². The summed E-state index contributed by atoms with van der Waals surface area (Å²) in [5.74, 6) is 0.317. The highest BCUT2D eigenvalue weighted by molar-refractivity contribution is 5.86. The third kappa shape index (κ3) is 2.54. The summed E-state index contributed by atoms with van der Waals surface area (Å²) in [5, 5.41) is 3.30. The molecular formula is C14H27N3O. The van der Waals surface area contributed by atoms with E-state index in [0.29, 0.717) is 11.9 Å². The highest BCUT2D eigenvalue weighted by Crippen LogP contribution is 2.32. The van der Waals surface area contributed by atoms with E-state index in [1.807, 2.05) is 19.0 Å². The van der Waals surface area contributed by atoms with Crippen LogP contribution in [0.5, 0.6) is 0 Å². The van der Waals surface area contributed by atoms with Gasteiger partial charge in [-0.1, -0.05) is 12.8 Å². The zero-order valence-electron chi connectivity index (χ0n) is 12.0. The molecule has 0 unspecified atom stereocenters. The Morgan fingerprint density at radius 1 is 1.28 bits per heavy atom. The number of carbonyl (C=O) groups excluding carboxylic acids is 1. The molecule has 2 aliphatic rings. The van der Waals surface area contributed by atoms with Crippen molar-refractivity contribution >= 4 is 5.91 Å². The number of amides is 1. The van der Waals surface area contributed by atoms with Crippen molar-refractivity contribution in [3.05, 3.63) is 0 Å². The van der Waals surface area contributed by atoms with E-state index in [2.05, 4.69) is 17.3 Å². The summed E-state index contributed by atoms with van der Waals surface area (Å²) in [7, 11) is 6.09. The predicted molar refractivity (Wildman–Crippen MR) is 73.5 cm³/mol. The molecule has 0 aromatic heterocycles. The third-order valence-electron chi connectivity index (χ3n) is 4.90. The molecule has 0 atom stereocenters. The first kappa shape index (κ1) is 13.8. The van der Waals surface area contributed by atoms with Gasteiger partial charge < -0.3 is 15.1 Å². The molecule has 1 saturated heterocycles. The Balaban J connectivity index is 1.99. The maximum absolute atomic E-state index is 12.7. The average molecular weight is 253 g/mol. The molecule has 0 bridgehead atoms. The first-order valence-electron chi connectivity index (χ1n) is 7.24. The predicted octanol–water partition coefficient (Wildman–Crippen LogP) is 1.07. The smallest absolute Gasteiger partial charge is 0.242 e. The lowest BCUT2D eigenvalue weighted by Crippen LogP contribution is -2.57. The Hall–Kier alpha value is -0.610. The Morgan fingerprint density at radius 3 is 2.33 bits per heavy atom. The van der Waals surface area contributed by atoms with Crippen molar-refractivity contribution in [2.24, 2.45) is 0 Å². The largest absolute Gasteiger partial charge is 0.341 e. The third-order valence-corrected chi connectivity index (χ3v) is 4.90. The van der Waals surface area contributed by atoms with Crippen LogP contribution in [0.1, 0.15) is 38.5 Å². The number of piperidine rings is 1. The van der Waals surface area contributed by atoms with Gasteiger partial charge in [-0.2, -0.15) is 0 Å². The SMILES string of the molecule is CNC1(C(=O)N(C)C2CCN(C)CC2)CCCC1. The van der Waals surface area contributed by atoms with Gasteiger partial charge in [0.15, 0.2) is 0 Å². The average Bonchev–Trinajstić information content (AvgIpc) is 2.88. The molecule has 1 heterocycles. The van der Waals surface area contributed by atoms with Crippen molar-refractivity contribution in [3.63, 3.8) is 0 Å². The van der Waals surface area contributed by atoms with E-state index in [9.17, 15) is 4.79 Å². The normalized spacial score (nSPS) is 25.3. The lowest BCUT2D eigenvalue weighted by molar-refractivity contribution is -0.139. The van der Waals surface area contributed by atoms with Crippen molar-refractivity contribution in [3.8, 4) is 0 Å². The van der Waals surface area contributed by atoms with Crippen LogP contribution in [0.15, 0.2) is 0 Å². The second kappa shape index (κ2) is 5.57. The molecule has 1 saturated carbocycles. The fourth-order valence-electron chi connectivity index (χ4n) is 3.44. The molecule has 0 aromatic rings. The monoisotopic (exact) mass is 253 g/mol. The van der Waals surface area contributed by atoms with Crippen molar-refractivity contribution in [1.29, 1.82) is 0 Å². The molecule has 1 aliphatic heterocycles. The summed E-state index contributed by atoms with van der Waals surface area (Å²) in [4.78, 5) is 17.1. The van der Waals surface area contributed by atoms with E-state index in [-0.39, 0.29) is 5.54 Å². The highest BCUT2D eigenvalue weighted by Gasteiger charge is 2.42. The van der Waals surface area contributed by atoms with Gasteiger partial charge in [0.1, 0.15) is 0 Å².